The van der Waals surface area contributed by atoms with Gasteiger partial charge in [0.1, 0.15) is 18.1 Å². The number of rotatable bonds is 6. The van der Waals surface area contributed by atoms with Gasteiger partial charge < -0.3 is 25.8 Å². The molecule has 1 aliphatic heterocycles. The fourth-order valence-electron chi connectivity index (χ4n) is 4.67. The van der Waals surface area contributed by atoms with Crippen LogP contribution in [0.3, 0.4) is 0 Å². The molecule has 2 aromatic heterocycles. The first kappa shape index (κ1) is 30.4. The molecular formula is C29H38N8O5. The van der Waals surface area contributed by atoms with E-state index in [1.165, 1.54) is 13.0 Å². The van der Waals surface area contributed by atoms with Crippen molar-refractivity contribution in [1.82, 2.24) is 41.5 Å². The second kappa shape index (κ2) is 14.4. The number of nitrogens with one attached hydrogen (secondary N) is 5. The molecule has 0 unspecified atom stereocenters. The molecule has 3 aromatic rings. The Balaban J connectivity index is 1.60. The lowest BCUT2D eigenvalue weighted by Gasteiger charge is -2.26. The van der Waals surface area contributed by atoms with Gasteiger partial charge >= 0.3 is 0 Å². The zero-order valence-corrected chi connectivity index (χ0v) is 24.1. The van der Waals surface area contributed by atoms with Crippen molar-refractivity contribution < 1.29 is 23.7 Å². The molecule has 0 radical (unpaired) electrons. The SMILES string of the molecule is CC(C)C[C@H]1NC(=O)[C@@H](C)NC(=O)c2cc(on2)CN(Cc2ccn[nH]2)CCNC(=O)[C@@H](Cc2ccccc2)NC1=O. The minimum absolute atomic E-state index is 0.0285. The average Bonchev–Trinajstić information content (AvgIpc) is 3.64. The summed E-state index contributed by atoms with van der Waals surface area (Å²) in [7, 11) is 0. The van der Waals surface area contributed by atoms with E-state index < -0.39 is 35.8 Å². The number of carbonyl (C=O) groups is 4. The monoisotopic (exact) mass is 578 g/mol. The Bertz CT molecular complexity index is 1340. The highest BCUT2D eigenvalue weighted by atomic mass is 16.5. The lowest BCUT2D eigenvalue weighted by molar-refractivity contribution is -0.132. The highest BCUT2D eigenvalue weighted by Crippen LogP contribution is 2.12. The van der Waals surface area contributed by atoms with Gasteiger partial charge in [-0.15, -0.1) is 0 Å². The van der Waals surface area contributed by atoms with Crippen LogP contribution >= 0.6 is 0 Å². The second-order valence-corrected chi connectivity index (χ2v) is 10.9. The predicted octanol–water partition coefficient (Wildman–Crippen LogP) is 0.906. The quantitative estimate of drug-likeness (QED) is 0.287. The molecule has 13 heteroatoms. The van der Waals surface area contributed by atoms with Gasteiger partial charge in [0.2, 0.25) is 17.7 Å². The van der Waals surface area contributed by atoms with Gasteiger partial charge in [-0.1, -0.05) is 49.3 Å². The summed E-state index contributed by atoms with van der Waals surface area (Å²) in [5, 5.41) is 22.0. The molecule has 3 atom stereocenters. The van der Waals surface area contributed by atoms with Crippen LogP contribution in [0.15, 0.2) is 53.2 Å². The van der Waals surface area contributed by atoms with E-state index in [1.807, 2.05) is 55.1 Å². The van der Waals surface area contributed by atoms with E-state index in [-0.39, 0.29) is 30.5 Å². The number of benzene rings is 1. The molecule has 2 bridgehead atoms. The first-order chi connectivity index (χ1) is 20.2. The Morgan fingerprint density at radius 3 is 2.45 bits per heavy atom. The van der Waals surface area contributed by atoms with E-state index >= 15 is 0 Å². The van der Waals surface area contributed by atoms with E-state index in [0.717, 1.165) is 11.3 Å². The molecule has 0 saturated heterocycles. The molecule has 3 heterocycles. The van der Waals surface area contributed by atoms with Gasteiger partial charge in [0, 0.05) is 44.0 Å². The van der Waals surface area contributed by atoms with Crippen molar-refractivity contribution in [2.24, 2.45) is 5.92 Å². The van der Waals surface area contributed by atoms with E-state index in [0.29, 0.717) is 31.8 Å². The Labute approximate surface area is 244 Å². The number of H-pyrrole nitrogens is 1. The van der Waals surface area contributed by atoms with E-state index in [1.54, 1.807) is 6.20 Å². The maximum atomic E-state index is 13.5. The molecule has 0 aliphatic carbocycles. The molecule has 1 aromatic carbocycles. The van der Waals surface area contributed by atoms with Crippen LogP contribution < -0.4 is 21.3 Å². The summed E-state index contributed by atoms with van der Waals surface area (Å²) in [5.74, 6) is -1.42. The van der Waals surface area contributed by atoms with Crippen LogP contribution in [-0.2, 0) is 33.9 Å². The molecule has 0 fully saturated rings. The molecule has 0 spiro atoms. The standard InChI is InChI=1S/C29H38N8O5/c1-18(2)13-23-28(40)34-24(14-20-7-5-4-6-8-20)27(39)30-11-12-37(16-21-9-10-31-35-21)17-22-15-25(36-42-22)29(41)32-19(3)26(38)33-23/h4-10,15,18-19,23-24H,11-14,16-17H2,1-3H3,(H,30,39)(H,31,35)(H,32,41)(H,33,38)(H,34,40)/t19-,23-,24-/m1/s1. The number of aromatic amines is 1. The van der Waals surface area contributed by atoms with Crippen LogP contribution in [0.5, 0.6) is 0 Å². The minimum Gasteiger partial charge on any atom is -0.359 e. The van der Waals surface area contributed by atoms with Crippen LogP contribution in [0.4, 0.5) is 0 Å². The number of amides is 4. The maximum absolute atomic E-state index is 13.5. The van der Waals surface area contributed by atoms with Gasteiger partial charge in [0.25, 0.3) is 5.91 Å². The normalized spacial score (nSPS) is 21.6. The van der Waals surface area contributed by atoms with E-state index in [4.69, 9.17) is 4.52 Å². The van der Waals surface area contributed by atoms with Gasteiger partial charge in [-0.2, -0.15) is 5.10 Å². The van der Waals surface area contributed by atoms with Crippen molar-refractivity contribution in [3.05, 3.63) is 71.4 Å². The largest absolute Gasteiger partial charge is 0.359 e. The Morgan fingerprint density at radius 1 is 0.976 bits per heavy atom. The smallest absolute Gasteiger partial charge is 0.274 e. The van der Waals surface area contributed by atoms with Gasteiger partial charge in [-0.25, -0.2) is 0 Å². The highest BCUT2D eigenvalue weighted by Gasteiger charge is 2.30. The fraction of sp³-hybridized carbons (Fsp3) is 0.448. The zero-order chi connectivity index (χ0) is 30.1. The number of nitrogens with zero attached hydrogens (tertiary/aromatic N) is 3. The van der Waals surface area contributed by atoms with Crippen molar-refractivity contribution in [1.29, 1.82) is 0 Å². The Hall–Kier alpha value is -4.52. The van der Waals surface area contributed by atoms with E-state index in [2.05, 4.69) is 36.6 Å². The number of fused-ring (bicyclic) bond motifs is 2. The summed E-state index contributed by atoms with van der Waals surface area (Å²) < 4.78 is 5.42. The molecule has 42 heavy (non-hydrogen) atoms. The van der Waals surface area contributed by atoms with Crippen LogP contribution in [0.1, 0.15) is 54.7 Å². The van der Waals surface area contributed by atoms with Crippen LogP contribution in [0, 0.1) is 5.92 Å². The number of hydrogen-bond acceptors (Lipinski definition) is 8. The molecule has 4 amide bonds. The summed E-state index contributed by atoms with van der Waals surface area (Å²) in [6.45, 7) is 6.86. The molecule has 224 valence electrons. The number of aromatic nitrogens is 3. The third kappa shape index (κ3) is 8.74. The predicted molar refractivity (Wildman–Crippen MR) is 153 cm³/mol. The molecular weight excluding hydrogens is 540 g/mol. The minimum atomic E-state index is -0.959. The number of hydrogen-bond donors (Lipinski definition) is 5. The summed E-state index contributed by atoms with van der Waals surface area (Å²) in [6, 6.07) is 10.0. The lowest BCUT2D eigenvalue weighted by Crippen LogP contribution is -2.57. The molecule has 1 aliphatic rings. The lowest BCUT2D eigenvalue weighted by atomic mass is 10.0. The molecule has 13 nitrogen and oxygen atoms in total. The fourth-order valence-corrected chi connectivity index (χ4v) is 4.67. The van der Waals surface area contributed by atoms with Crippen molar-refractivity contribution in [3.63, 3.8) is 0 Å². The van der Waals surface area contributed by atoms with E-state index in [9.17, 15) is 19.2 Å². The molecule has 4 rings (SSSR count). The van der Waals surface area contributed by atoms with Gasteiger partial charge in [-0.05, 0) is 30.9 Å². The zero-order valence-electron chi connectivity index (χ0n) is 24.1. The summed E-state index contributed by atoms with van der Waals surface area (Å²) >= 11 is 0. The van der Waals surface area contributed by atoms with Crippen LogP contribution in [-0.4, -0.2) is 75.1 Å². The number of carbonyl (C=O) groups excluding carboxylic acids is 4. The third-order valence-electron chi connectivity index (χ3n) is 6.85. The first-order valence-corrected chi connectivity index (χ1v) is 14.1. The summed E-state index contributed by atoms with van der Waals surface area (Å²) in [6.07, 6.45) is 2.26. The average molecular weight is 579 g/mol. The van der Waals surface area contributed by atoms with Gasteiger partial charge in [-0.3, -0.25) is 29.2 Å². The summed E-state index contributed by atoms with van der Waals surface area (Å²) in [5.41, 5.74) is 1.76. The summed E-state index contributed by atoms with van der Waals surface area (Å²) in [4.78, 5) is 54.8. The van der Waals surface area contributed by atoms with Crippen LogP contribution in [0.25, 0.3) is 0 Å². The Kier molecular flexibility index (Phi) is 10.4. The van der Waals surface area contributed by atoms with Gasteiger partial charge in [0.15, 0.2) is 11.5 Å². The highest BCUT2D eigenvalue weighted by molar-refractivity contribution is 5.97. The second-order valence-electron chi connectivity index (χ2n) is 10.9. The van der Waals surface area contributed by atoms with Crippen LogP contribution in [0.2, 0.25) is 0 Å². The molecule has 5 N–H and O–H groups in total. The van der Waals surface area contributed by atoms with Gasteiger partial charge in [0.05, 0.1) is 6.54 Å². The first-order valence-electron chi connectivity index (χ1n) is 14.1. The van der Waals surface area contributed by atoms with Crippen molar-refractivity contribution in [2.75, 3.05) is 13.1 Å². The molecule has 0 saturated carbocycles. The van der Waals surface area contributed by atoms with Crippen molar-refractivity contribution in [2.45, 2.75) is 64.8 Å². The van der Waals surface area contributed by atoms with Crippen molar-refractivity contribution in [3.8, 4) is 0 Å². The maximum Gasteiger partial charge on any atom is 0.274 e. The third-order valence-corrected chi connectivity index (χ3v) is 6.85. The topological polar surface area (TPSA) is 174 Å². The van der Waals surface area contributed by atoms with Crippen molar-refractivity contribution >= 4 is 23.6 Å². The Morgan fingerprint density at radius 2 is 1.74 bits per heavy atom.